The number of aryl methyl sites for hydroxylation is 1. The van der Waals surface area contributed by atoms with Gasteiger partial charge in [0.1, 0.15) is 30.6 Å². The van der Waals surface area contributed by atoms with Gasteiger partial charge in [0, 0.05) is 56.6 Å². The predicted molar refractivity (Wildman–Crippen MR) is 142 cm³/mol. The molecule has 1 aromatic heterocycles. The summed E-state index contributed by atoms with van der Waals surface area (Å²) in [6.45, 7) is 5.33. The number of aromatic nitrogens is 2. The SMILES string of the molecule is COCC(=O)NCC#Cc1ccc2ncnc(Nc3ccc(OC4CCN(C(C)=O)CC4)c(C)c3)c2c1. The molecule has 0 atom stereocenters. The van der Waals surface area contributed by atoms with Gasteiger partial charge < -0.3 is 25.0 Å². The minimum Gasteiger partial charge on any atom is -0.490 e. The Balaban J connectivity index is 1.43. The van der Waals surface area contributed by atoms with Crippen LogP contribution in [0.5, 0.6) is 5.75 Å². The topological polar surface area (TPSA) is 106 Å². The number of carbonyl (C=O) groups is 2. The molecule has 0 aliphatic carbocycles. The fourth-order valence-corrected chi connectivity index (χ4v) is 4.17. The van der Waals surface area contributed by atoms with Crippen LogP contribution >= 0.6 is 0 Å². The number of carbonyl (C=O) groups excluding carboxylic acids is 2. The van der Waals surface area contributed by atoms with Crippen molar-refractivity contribution in [1.82, 2.24) is 20.2 Å². The lowest BCUT2D eigenvalue weighted by Crippen LogP contribution is -2.40. The van der Waals surface area contributed by atoms with Crippen molar-refractivity contribution in [2.75, 3.05) is 38.7 Å². The van der Waals surface area contributed by atoms with Crippen LogP contribution in [0.2, 0.25) is 0 Å². The molecule has 2 amide bonds. The summed E-state index contributed by atoms with van der Waals surface area (Å²) in [7, 11) is 1.47. The summed E-state index contributed by atoms with van der Waals surface area (Å²) in [4.78, 5) is 33.7. The van der Waals surface area contributed by atoms with E-state index in [9.17, 15) is 9.59 Å². The second-order valence-corrected chi connectivity index (χ2v) is 8.89. The van der Waals surface area contributed by atoms with Crippen molar-refractivity contribution >= 4 is 34.2 Å². The van der Waals surface area contributed by atoms with Crippen molar-refractivity contribution in [3.05, 3.63) is 53.9 Å². The van der Waals surface area contributed by atoms with Gasteiger partial charge in [-0.25, -0.2) is 9.97 Å². The maximum Gasteiger partial charge on any atom is 0.246 e. The largest absolute Gasteiger partial charge is 0.490 e. The van der Waals surface area contributed by atoms with E-state index in [2.05, 4.69) is 32.4 Å². The first-order valence-electron chi connectivity index (χ1n) is 12.2. The minimum atomic E-state index is -0.208. The Kier molecular flexibility index (Phi) is 8.54. The van der Waals surface area contributed by atoms with Crippen molar-refractivity contribution in [3.63, 3.8) is 0 Å². The average Bonchev–Trinajstić information content (AvgIpc) is 2.89. The fraction of sp³-hybridized carbons (Fsp3) is 0.357. The molecule has 1 aliphatic heterocycles. The summed E-state index contributed by atoms with van der Waals surface area (Å²) in [5.41, 5.74) is 3.49. The van der Waals surface area contributed by atoms with Crippen LogP contribution in [-0.4, -0.2) is 66.1 Å². The monoisotopic (exact) mass is 501 g/mol. The van der Waals surface area contributed by atoms with Gasteiger partial charge in [-0.05, 0) is 48.9 Å². The second kappa shape index (κ2) is 12.2. The van der Waals surface area contributed by atoms with Crippen LogP contribution in [0, 0.1) is 18.8 Å². The van der Waals surface area contributed by atoms with E-state index in [4.69, 9.17) is 9.47 Å². The number of methoxy groups -OCH3 is 1. The van der Waals surface area contributed by atoms with E-state index in [0.29, 0.717) is 5.82 Å². The van der Waals surface area contributed by atoms with Crippen LogP contribution < -0.4 is 15.4 Å². The molecule has 2 aromatic carbocycles. The first-order valence-corrected chi connectivity index (χ1v) is 12.2. The number of nitrogens with one attached hydrogen (secondary N) is 2. The van der Waals surface area contributed by atoms with E-state index in [1.807, 2.05) is 48.2 Å². The molecule has 9 nitrogen and oxygen atoms in total. The maximum absolute atomic E-state index is 11.6. The van der Waals surface area contributed by atoms with Crippen LogP contribution in [-0.2, 0) is 14.3 Å². The quantitative estimate of drug-likeness (QED) is 0.479. The van der Waals surface area contributed by atoms with Crippen molar-refractivity contribution < 1.29 is 19.1 Å². The van der Waals surface area contributed by atoms with Crippen molar-refractivity contribution in [2.45, 2.75) is 32.8 Å². The van der Waals surface area contributed by atoms with Gasteiger partial charge in [0.25, 0.3) is 0 Å². The highest BCUT2D eigenvalue weighted by molar-refractivity contribution is 5.91. The molecule has 1 aliphatic rings. The number of piperidine rings is 1. The van der Waals surface area contributed by atoms with E-state index in [1.54, 1.807) is 6.92 Å². The summed E-state index contributed by atoms with van der Waals surface area (Å²) in [5.74, 6) is 7.44. The number of anilines is 2. The minimum absolute atomic E-state index is 0.0110. The number of ether oxygens (including phenoxy) is 2. The molecule has 4 rings (SSSR count). The molecule has 1 fully saturated rings. The number of likely N-dealkylation sites (tertiary alicyclic amines) is 1. The van der Waals surface area contributed by atoms with E-state index in [-0.39, 0.29) is 31.1 Å². The number of benzene rings is 2. The van der Waals surface area contributed by atoms with E-state index < -0.39 is 0 Å². The zero-order chi connectivity index (χ0) is 26.2. The maximum atomic E-state index is 11.6. The van der Waals surface area contributed by atoms with Gasteiger partial charge in [0.2, 0.25) is 11.8 Å². The van der Waals surface area contributed by atoms with Crippen LogP contribution in [0.25, 0.3) is 10.9 Å². The van der Waals surface area contributed by atoms with Crippen LogP contribution in [0.3, 0.4) is 0 Å². The Bertz CT molecular complexity index is 1340. The van der Waals surface area contributed by atoms with E-state index in [0.717, 1.165) is 59.4 Å². The van der Waals surface area contributed by atoms with Crippen LogP contribution in [0.4, 0.5) is 11.5 Å². The van der Waals surface area contributed by atoms with E-state index in [1.165, 1.54) is 13.4 Å². The summed E-state index contributed by atoms with van der Waals surface area (Å²) >= 11 is 0. The molecule has 0 radical (unpaired) electrons. The van der Waals surface area contributed by atoms with Gasteiger partial charge in [-0.15, -0.1) is 0 Å². The zero-order valence-corrected chi connectivity index (χ0v) is 21.3. The number of rotatable bonds is 7. The lowest BCUT2D eigenvalue weighted by Gasteiger charge is -2.31. The van der Waals surface area contributed by atoms with E-state index >= 15 is 0 Å². The molecular formula is C28H31N5O4. The molecule has 9 heteroatoms. The molecule has 0 bridgehead atoms. The number of nitrogens with zero attached hydrogens (tertiary/aromatic N) is 3. The third-order valence-electron chi connectivity index (χ3n) is 6.14. The molecule has 2 heterocycles. The normalized spacial score (nSPS) is 13.5. The Morgan fingerprint density at radius 1 is 1.14 bits per heavy atom. The molecule has 2 N–H and O–H groups in total. The van der Waals surface area contributed by atoms with Crippen LogP contribution in [0.1, 0.15) is 30.9 Å². The Labute approximate surface area is 216 Å². The van der Waals surface area contributed by atoms with Crippen molar-refractivity contribution in [3.8, 4) is 17.6 Å². The zero-order valence-electron chi connectivity index (χ0n) is 21.3. The highest BCUT2D eigenvalue weighted by Gasteiger charge is 2.22. The number of hydrogen-bond donors (Lipinski definition) is 2. The van der Waals surface area contributed by atoms with Crippen molar-refractivity contribution in [2.24, 2.45) is 0 Å². The number of fused-ring (bicyclic) bond motifs is 1. The standard InChI is InChI=1S/C28H31N5O4/c1-19-15-22(7-9-26(19)37-23-10-13-33(14-11-23)20(2)34)32-28-24-16-21(6-8-25(24)30-18-31-28)5-4-12-29-27(35)17-36-3/h6-9,15-16,18,23H,10-14,17H2,1-3H3,(H,29,35)(H,30,31,32). The van der Waals surface area contributed by atoms with Gasteiger partial charge in [0.15, 0.2) is 0 Å². The second-order valence-electron chi connectivity index (χ2n) is 8.89. The molecule has 0 spiro atoms. The summed E-state index contributed by atoms with van der Waals surface area (Å²) in [6, 6.07) is 11.7. The smallest absolute Gasteiger partial charge is 0.246 e. The summed E-state index contributed by atoms with van der Waals surface area (Å²) in [5, 5.41) is 6.91. The fourth-order valence-electron chi connectivity index (χ4n) is 4.17. The van der Waals surface area contributed by atoms with Gasteiger partial charge in [-0.1, -0.05) is 11.8 Å². The Hall–Kier alpha value is -4.16. The van der Waals surface area contributed by atoms with Gasteiger partial charge in [-0.2, -0.15) is 0 Å². The average molecular weight is 502 g/mol. The van der Waals surface area contributed by atoms with Crippen molar-refractivity contribution in [1.29, 1.82) is 0 Å². The summed E-state index contributed by atoms with van der Waals surface area (Å²) in [6.07, 6.45) is 3.29. The number of hydrogen-bond acceptors (Lipinski definition) is 7. The molecule has 0 saturated carbocycles. The number of amides is 2. The van der Waals surface area contributed by atoms with Gasteiger partial charge >= 0.3 is 0 Å². The lowest BCUT2D eigenvalue weighted by atomic mass is 10.1. The molecular weight excluding hydrogens is 470 g/mol. The van der Waals surface area contributed by atoms with Gasteiger partial charge in [0.05, 0.1) is 12.1 Å². The third-order valence-corrected chi connectivity index (χ3v) is 6.14. The lowest BCUT2D eigenvalue weighted by molar-refractivity contribution is -0.130. The molecule has 192 valence electrons. The highest BCUT2D eigenvalue weighted by atomic mass is 16.5. The first-order chi connectivity index (χ1) is 17.9. The molecule has 1 saturated heterocycles. The summed E-state index contributed by atoms with van der Waals surface area (Å²) < 4.78 is 11.0. The van der Waals surface area contributed by atoms with Gasteiger partial charge in [-0.3, -0.25) is 9.59 Å². The third kappa shape index (κ3) is 6.96. The predicted octanol–water partition coefficient (Wildman–Crippen LogP) is 3.19. The highest BCUT2D eigenvalue weighted by Crippen LogP contribution is 2.29. The molecule has 3 aromatic rings. The Morgan fingerprint density at radius 2 is 1.95 bits per heavy atom. The first kappa shape index (κ1) is 25.9. The molecule has 37 heavy (non-hydrogen) atoms. The molecule has 0 unspecified atom stereocenters. The van der Waals surface area contributed by atoms with Crippen LogP contribution in [0.15, 0.2) is 42.7 Å². The Morgan fingerprint density at radius 3 is 2.68 bits per heavy atom.